The highest BCUT2D eigenvalue weighted by Crippen LogP contribution is 2.32. The van der Waals surface area contributed by atoms with E-state index in [2.05, 4.69) is 10.1 Å². The van der Waals surface area contributed by atoms with Crippen LogP contribution < -0.4 is 5.56 Å². The average Bonchev–Trinajstić information content (AvgIpc) is 3.42. The van der Waals surface area contributed by atoms with Crippen molar-refractivity contribution in [1.29, 1.82) is 0 Å². The molecule has 2 heterocycles. The lowest BCUT2D eigenvalue weighted by Crippen LogP contribution is -2.33. The number of aromatic amines is 1. The van der Waals surface area contributed by atoms with E-state index in [1.165, 1.54) is 6.07 Å². The standard InChI is InChI=1S/C21H24N4O2/c1-12-5-8-19-16(9-12)17(10-20(26)22-19)21(27)25(15-6-7-15)11-18-13(2)23-24(4)14(18)3/h5,8-10,15H,6-7,11H2,1-4H3,(H,22,26). The van der Waals surface area contributed by atoms with E-state index >= 15 is 0 Å². The van der Waals surface area contributed by atoms with E-state index in [9.17, 15) is 9.59 Å². The molecule has 1 amide bonds. The zero-order valence-corrected chi connectivity index (χ0v) is 16.2. The van der Waals surface area contributed by atoms with Crippen LogP contribution in [-0.4, -0.2) is 31.6 Å². The molecule has 1 aromatic carbocycles. The highest BCUT2D eigenvalue weighted by atomic mass is 16.2. The van der Waals surface area contributed by atoms with E-state index in [1.807, 2.05) is 55.6 Å². The summed E-state index contributed by atoms with van der Waals surface area (Å²) in [6, 6.07) is 7.43. The van der Waals surface area contributed by atoms with Crippen molar-refractivity contribution in [3.8, 4) is 0 Å². The van der Waals surface area contributed by atoms with E-state index in [1.54, 1.807) is 0 Å². The van der Waals surface area contributed by atoms with Crippen LogP contribution in [-0.2, 0) is 13.6 Å². The van der Waals surface area contributed by atoms with Gasteiger partial charge in [-0.1, -0.05) is 11.6 Å². The molecule has 1 N–H and O–H groups in total. The lowest BCUT2D eigenvalue weighted by atomic mass is 10.0. The highest BCUT2D eigenvalue weighted by molar-refractivity contribution is 6.06. The number of hydrogen-bond acceptors (Lipinski definition) is 3. The van der Waals surface area contributed by atoms with Gasteiger partial charge in [-0.3, -0.25) is 14.3 Å². The molecule has 1 aliphatic carbocycles. The molecule has 0 radical (unpaired) electrons. The smallest absolute Gasteiger partial charge is 0.255 e. The Labute approximate surface area is 157 Å². The molecule has 4 rings (SSSR count). The number of amides is 1. The molecule has 0 atom stereocenters. The number of fused-ring (bicyclic) bond motifs is 1. The fourth-order valence-corrected chi connectivity index (χ4v) is 3.67. The third kappa shape index (κ3) is 3.16. The number of carbonyl (C=O) groups is 1. The molecule has 6 nitrogen and oxygen atoms in total. The first-order chi connectivity index (χ1) is 12.8. The maximum atomic E-state index is 13.5. The van der Waals surface area contributed by atoms with Crippen LogP contribution in [0.5, 0.6) is 0 Å². The summed E-state index contributed by atoms with van der Waals surface area (Å²) < 4.78 is 1.85. The van der Waals surface area contributed by atoms with Crippen molar-refractivity contribution in [2.24, 2.45) is 7.05 Å². The molecule has 1 saturated carbocycles. The quantitative estimate of drug-likeness (QED) is 0.774. The van der Waals surface area contributed by atoms with Gasteiger partial charge in [0.05, 0.1) is 11.3 Å². The SMILES string of the molecule is Cc1ccc2[nH]c(=O)cc(C(=O)N(Cc3c(C)nn(C)c3C)C3CC3)c2c1. The summed E-state index contributed by atoms with van der Waals surface area (Å²) in [4.78, 5) is 30.4. The van der Waals surface area contributed by atoms with Crippen LogP contribution in [0, 0.1) is 20.8 Å². The van der Waals surface area contributed by atoms with Crippen LogP contribution >= 0.6 is 0 Å². The number of aryl methyl sites for hydroxylation is 3. The van der Waals surface area contributed by atoms with Gasteiger partial charge in [-0.25, -0.2) is 0 Å². The molecular formula is C21H24N4O2. The predicted octanol–water partition coefficient (Wildman–Crippen LogP) is 2.99. The minimum Gasteiger partial charge on any atom is -0.331 e. The number of aromatic nitrogens is 3. The molecule has 2 aromatic heterocycles. The lowest BCUT2D eigenvalue weighted by Gasteiger charge is -2.23. The predicted molar refractivity (Wildman–Crippen MR) is 105 cm³/mol. The fraction of sp³-hybridized carbons (Fsp3) is 0.381. The Morgan fingerprint density at radius 2 is 2.00 bits per heavy atom. The molecule has 3 aromatic rings. The Balaban J connectivity index is 1.79. The second kappa shape index (κ2) is 6.37. The Kier molecular flexibility index (Phi) is 4.13. The summed E-state index contributed by atoms with van der Waals surface area (Å²) in [5.41, 5.74) is 5.07. The van der Waals surface area contributed by atoms with Gasteiger partial charge in [0.2, 0.25) is 5.56 Å². The molecule has 0 saturated heterocycles. The molecule has 6 heteroatoms. The number of nitrogens with one attached hydrogen (secondary N) is 1. The van der Waals surface area contributed by atoms with E-state index in [0.717, 1.165) is 40.7 Å². The number of pyridine rings is 1. The average molecular weight is 364 g/mol. The van der Waals surface area contributed by atoms with Gasteiger partial charge in [0.1, 0.15) is 0 Å². The molecule has 1 fully saturated rings. The molecule has 0 unspecified atom stereocenters. The van der Waals surface area contributed by atoms with Gasteiger partial charge in [-0.05, 0) is 45.7 Å². The Morgan fingerprint density at radius 3 is 2.63 bits per heavy atom. The number of H-pyrrole nitrogens is 1. The second-order valence-corrected chi connectivity index (χ2v) is 7.53. The lowest BCUT2D eigenvalue weighted by molar-refractivity contribution is 0.0731. The fourth-order valence-electron chi connectivity index (χ4n) is 3.67. The molecular weight excluding hydrogens is 340 g/mol. The van der Waals surface area contributed by atoms with E-state index in [-0.39, 0.29) is 17.5 Å². The van der Waals surface area contributed by atoms with Crippen molar-refractivity contribution >= 4 is 16.8 Å². The van der Waals surface area contributed by atoms with Gasteiger partial charge in [-0.15, -0.1) is 0 Å². The largest absolute Gasteiger partial charge is 0.331 e. The second-order valence-electron chi connectivity index (χ2n) is 7.53. The molecule has 0 bridgehead atoms. The maximum absolute atomic E-state index is 13.5. The van der Waals surface area contributed by atoms with Crippen LogP contribution in [0.2, 0.25) is 0 Å². The number of rotatable bonds is 4. The molecule has 0 spiro atoms. The summed E-state index contributed by atoms with van der Waals surface area (Å²) in [6.07, 6.45) is 2.01. The van der Waals surface area contributed by atoms with Gasteiger partial charge in [-0.2, -0.15) is 5.10 Å². The van der Waals surface area contributed by atoms with Gasteiger partial charge in [0.25, 0.3) is 5.91 Å². The van der Waals surface area contributed by atoms with Crippen molar-refractivity contribution in [1.82, 2.24) is 19.7 Å². The minimum atomic E-state index is -0.251. The highest BCUT2D eigenvalue weighted by Gasteiger charge is 2.34. The van der Waals surface area contributed by atoms with E-state index < -0.39 is 0 Å². The summed E-state index contributed by atoms with van der Waals surface area (Å²) in [5.74, 6) is -0.0816. The zero-order chi connectivity index (χ0) is 19.3. The van der Waals surface area contributed by atoms with E-state index in [4.69, 9.17) is 0 Å². The van der Waals surface area contributed by atoms with Gasteiger partial charge in [0.15, 0.2) is 0 Å². The minimum absolute atomic E-state index is 0.0816. The monoisotopic (exact) mass is 364 g/mol. The Morgan fingerprint density at radius 1 is 1.26 bits per heavy atom. The topological polar surface area (TPSA) is 71.0 Å². The number of hydrogen-bond donors (Lipinski definition) is 1. The zero-order valence-electron chi connectivity index (χ0n) is 16.2. The van der Waals surface area contributed by atoms with Gasteiger partial charge >= 0.3 is 0 Å². The normalized spacial score (nSPS) is 13.9. The van der Waals surface area contributed by atoms with Crippen LogP contribution in [0.4, 0.5) is 0 Å². The number of benzene rings is 1. The number of carbonyl (C=O) groups excluding carboxylic acids is 1. The van der Waals surface area contributed by atoms with Gasteiger partial charge < -0.3 is 9.88 Å². The van der Waals surface area contributed by atoms with Crippen molar-refractivity contribution in [2.45, 2.75) is 46.2 Å². The third-order valence-electron chi connectivity index (χ3n) is 5.46. The number of nitrogens with zero attached hydrogens (tertiary/aromatic N) is 3. The van der Waals surface area contributed by atoms with Crippen molar-refractivity contribution in [2.75, 3.05) is 0 Å². The van der Waals surface area contributed by atoms with Crippen molar-refractivity contribution in [3.05, 3.63) is 62.7 Å². The maximum Gasteiger partial charge on any atom is 0.255 e. The van der Waals surface area contributed by atoms with Crippen LogP contribution in [0.1, 0.15) is 45.7 Å². The van der Waals surface area contributed by atoms with Gasteiger partial charge in [0, 0.05) is 47.9 Å². The van der Waals surface area contributed by atoms with Crippen LogP contribution in [0.3, 0.4) is 0 Å². The van der Waals surface area contributed by atoms with Crippen LogP contribution in [0.15, 0.2) is 29.1 Å². The first-order valence-electron chi connectivity index (χ1n) is 9.29. The van der Waals surface area contributed by atoms with Crippen LogP contribution in [0.25, 0.3) is 10.9 Å². The summed E-state index contributed by atoms with van der Waals surface area (Å²) >= 11 is 0. The molecule has 27 heavy (non-hydrogen) atoms. The first kappa shape index (κ1) is 17.5. The third-order valence-corrected chi connectivity index (χ3v) is 5.46. The molecule has 1 aliphatic rings. The first-order valence-corrected chi connectivity index (χ1v) is 9.29. The van der Waals surface area contributed by atoms with Crippen molar-refractivity contribution in [3.63, 3.8) is 0 Å². The summed E-state index contributed by atoms with van der Waals surface area (Å²) in [5, 5.41) is 5.27. The molecule has 0 aliphatic heterocycles. The van der Waals surface area contributed by atoms with Crippen molar-refractivity contribution < 1.29 is 4.79 Å². The Bertz CT molecular complexity index is 1110. The summed E-state index contributed by atoms with van der Waals surface area (Å²) in [6.45, 7) is 6.51. The Hall–Kier alpha value is -2.89. The summed E-state index contributed by atoms with van der Waals surface area (Å²) in [7, 11) is 1.92. The van der Waals surface area contributed by atoms with E-state index in [0.29, 0.717) is 17.6 Å². The molecule has 140 valence electrons.